The van der Waals surface area contributed by atoms with Crippen LogP contribution in [0.1, 0.15) is 25.5 Å². The minimum absolute atomic E-state index is 0.0785. The highest BCUT2D eigenvalue weighted by atomic mass is 17.1. The molecular weight excluding hydrogens is 376 g/mol. The SMILES string of the molecule is O[C@H]1CC[C@H](Nc2ncnc3c2ncn3[C@@H]2O[C@H](CON(O)O)[C@@H](O)[C@H]2O)C1. The van der Waals surface area contributed by atoms with Gasteiger partial charge in [-0.2, -0.15) is 0 Å². The highest BCUT2D eigenvalue weighted by molar-refractivity contribution is 5.82. The summed E-state index contributed by atoms with van der Waals surface area (Å²) in [4.78, 5) is 17.2. The maximum Gasteiger partial charge on any atom is 0.167 e. The number of ether oxygens (including phenoxy) is 1. The van der Waals surface area contributed by atoms with Crippen LogP contribution in [0.5, 0.6) is 0 Å². The molecule has 1 saturated carbocycles. The highest BCUT2D eigenvalue weighted by Crippen LogP contribution is 2.33. The van der Waals surface area contributed by atoms with Gasteiger partial charge in [0.2, 0.25) is 0 Å². The Hall–Kier alpha value is -1.97. The summed E-state index contributed by atoms with van der Waals surface area (Å²) in [6.45, 7) is -0.389. The van der Waals surface area contributed by atoms with Crippen molar-refractivity contribution < 1.29 is 35.3 Å². The van der Waals surface area contributed by atoms with Crippen molar-refractivity contribution in [3.05, 3.63) is 12.7 Å². The number of aromatic nitrogens is 4. The number of imidazole rings is 1. The fourth-order valence-corrected chi connectivity index (χ4v) is 3.66. The van der Waals surface area contributed by atoms with Gasteiger partial charge in [0, 0.05) is 6.04 Å². The Morgan fingerprint density at radius 2 is 2.00 bits per heavy atom. The third-order valence-electron chi connectivity index (χ3n) is 5.07. The third kappa shape index (κ3) is 3.66. The van der Waals surface area contributed by atoms with Crippen LogP contribution in [0.2, 0.25) is 0 Å². The van der Waals surface area contributed by atoms with Gasteiger partial charge in [0.1, 0.15) is 31.2 Å². The zero-order valence-corrected chi connectivity index (χ0v) is 14.7. The van der Waals surface area contributed by atoms with Crippen molar-refractivity contribution in [2.75, 3.05) is 11.9 Å². The molecule has 0 radical (unpaired) electrons. The quantitative estimate of drug-likeness (QED) is 0.320. The second kappa shape index (κ2) is 7.81. The van der Waals surface area contributed by atoms with Gasteiger partial charge in [-0.05, 0) is 19.3 Å². The van der Waals surface area contributed by atoms with Crippen LogP contribution in [0.25, 0.3) is 11.2 Å². The van der Waals surface area contributed by atoms with E-state index in [9.17, 15) is 15.3 Å². The van der Waals surface area contributed by atoms with Crippen molar-refractivity contribution in [3.8, 4) is 0 Å². The lowest BCUT2D eigenvalue weighted by Gasteiger charge is -2.17. The Bertz CT molecular complexity index is 819. The monoisotopic (exact) mass is 398 g/mol. The molecule has 28 heavy (non-hydrogen) atoms. The summed E-state index contributed by atoms with van der Waals surface area (Å²) in [5.74, 6) is 0.506. The van der Waals surface area contributed by atoms with Crippen molar-refractivity contribution in [3.63, 3.8) is 0 Å². The molecule has 2 aromatic heterocycles. The maximum absolute atomic E-state index is 10.3. The van der Waals surface area contributed by atoms with E-state index in [0.717, 1.165) is 12.8 Å². The zero-order chi connectivity index (χ0) is 19.8. The molecule has 6 N–H and O–H groups in total. The van der Waals surface area contributed by atoms with Gasteiger partial charge in [0.15, 0.2) is 23.2 Å². The number of rotatable bonds is 6. The molecule has 0 unspecified atom stereocenters. The molecule has 154 valence electrons. The first kappa shape index (κ1) is 19.4. The van der Waals surface area contributed by atoms with Crippen molar-refractivity contribution >= 4 is 17.0 Å². The predicted octanol–water partition coefficient (Wildman–Crippen LogP) is -1.22. The number of aliphatic hydroxyl groups is 3. The molecule has 1 saturated heterocycles. The van der Waals surface area contributed by atoms with Crippen LogP contribution >= 0.6 is 0 Å². The van der Waals surface area contributed by atoms with Crippen LogP contribution in [0.3, 0.4) is 0 Å². The van der Waals surface area contributed by atoms with E-state index in [1.807, 2.05) is 0 Å². The van der Waals surface area contributed by atoms with Crippen LogP contribution in [-0.4, -0.2) is 87.7 Å². The number of nitrogens with one attached hydrogen (secondary N) is 1. The first-order chi connectivity index (χ1) is 13.4. The number of aliphatic hydroxyl groups excluding tert-OH is 3. The van der Waals surface area contributed by atoms with E-state index in [2.05, 4.69) is 25.1 Å². The smallest absolute Gasteiger partial charge is 0.167 e. The summed E-state index contributed by atoms with van der Waals surface area (Å²) < 4.78 is 7.08. The van der Waals surface area contributed by atoms with E-state index in [0.29, 0.717) is 23.4 Å². The van der Waals surface area contributed by atoms with Crippen LogP contribution in [0.4, 0.5) is 5.82 Å². The van der Waals surface area contributed by atoms with Gasteiger partial charge in [-0.15, -0.1) is 0 Å². The topological polar surface area (TPSA) is 178 Å². The van der Waals surface area contributed by atoms with E-state index >= 15 is 0 Å². The first-order valence-electron chi connectivity index (χ1n) is 8.88. The number of anilines is 1. The third-order valence-corrected chi connectivity index (χ3v) is 5.07. The van der Waals surface area contributed by atoms with Crippen molar-refractivity contribution in [1.82, 2.24) is 24.9 Å². The highest BCUT2D eigenvalue weighted by Gasteiger charge is 2.44. The zero-order valence-electron chi connectivity index (χ0n) is 14.7. The summed E-state index contributed by atoms with van der Waals surface area (Å²) in [6.07, 6.45) is -0.0315. The molecule has 4 rings (SSSR count). The van der Waals surface area contributed by atoms with Gasteiger partial charge in [-0.1, -0.05) is 0 Å². The fourth-order valence-electron chi connectivity index (χ4n) is 3.66. The minimum atomic E-state index is -1.32. The molecule has 0 spiro atoms. The number of hydrogen-bond donors (Lipinski definition) is 6. The second-order valence-electron chi connectivity index (χ2n) is 6.95. The minimum Gasteiger partial charge on any atom is -0.393 e. The molecule has 0 amide bonds. The average molecular weight is 398 g/mol. The summed E-state index contributed by atoms with van der Waals surface area (Å²) in [5.41, 5.74) is 0.852. The standard InChI is InChI=1S/C15H22N6O7/c22-8-2-1-7(3-8)19-13-10-14(17-5-16-13)20(6-18-10)15-12(24)11(23)9(28-15)4-27-21(25)26/h5-9,11-12,15,22-26H,1-4H2,(H,16,17,19)/t7-,8-,9+,11+,12+,15+/m0/s1. The van der Waals surface area contributed by atoms with E-state index in [1.54, 1.807) is 0 Å². The predicted molar refractivity (Wildman–Crippen MR) is 89.9 cm³/mol. The largest absolute Gasteiger partial charge is 0.393 e. The van der Waals surface area contributed by atoms with Crippen LogP contribution in [0.15, 0.2) is 12.7 Å². The Morgan fingerprint density at radius 1 is 1.18 bits per heavy atom. The molecule has 0 bridgehead atoms. The number of hydrogen-bond acceptors (Lipinski definition) is 12. The van der Waals surface area contributed by atoms with Crippen molar-refractivity contribution in [2.45, 2.75) is 55.9 Å². The van der Waals surface area contributed by atoms with Crippen molar-refractivity contribution in [2.24, 2.45) is 0 Å². The van der Waals surface area contributed by atoms with E-state index in [4.69, 9.17) is 15.2 Å². The molecule has 3 heterocycles. The summed E-state index contributed by atoms with van der Waals surface area (Å²) in [7, 11) is 0. The van der Waals surface area contributed by atoms with Gasteiger partial charge in [-0.3, -0.25) is 15.0 Å². The van der Waals surface area contributed by atoms with E-state index < -0.39 is 29.9 Å². The Labute approximate surface area is 158 Å². The molecule has 6 atom stereocenters. The molecule has 2 fully saturated rings. The van der Waals surface area contributed by atoms with Gasteiger partial charge in [-0.25, -0.2) is 19.8 Å². The number of fused-ring (bicyclic) bond motifs is 1. The van der Waals surface area contributed by atoms with E-state index in [-0.39, 0.29) is 18.8 Å². The first-order valence-corrected chi connectivity index (χ1v) is 8.88. The van der Waals surface area contributed by atoms with Gasteiger partial charge >= 0.3 is 0 Å². The van der Waals surface area contributed by atoms with Crippen molar-refractivity contribution in [1.29, 1.82) is 0 Å². The summed E-state index contributed by atoms with van der Waals surface area (Å²) in [6, 6.07) is 0.0785. The molecular formula is C15H22N6O7. The van der Waals surface area contributed by atoms with E-state index in [1.165, 1.54) is 17.2 Å². The average Bonchev–Trinajstić information content (AvgIpc) is 3.34. The molecule has 1 aliphatic heterocycles. The lowest BCUT2D eigenvalue weighted by molar-refractivity contribution is -0.496. The van der Waals surface area contributed by atoms with Gasteiger partial charge < -0.3 is 25.4 Å². The second-order valence-corrected chi connectivity index (χ2v) is 6.95. The molecule has 2 aliphatic rings. The van der Waals surface area contributed by atoms with Crippen LogP contribution in [0, 0.1) is 0 Å². The maximum atomic E-state index is 10.3. The Balaban J connectivity index is 1.55. The molecule has 13 nitrogen and oxygen atoms in total. The lowest BCUT2D eigenvalue weighted by atomic mass is 10.1. The molecule has 1 aliphatic carbocycles. The molecule has 13 heteroatoms. The Morgan fingerprint density at radius 3 is 2.71 bits per heavy atom. The fraction of sp³-hybridized carbons (Fsp3) is 0.667. The van der Waals surface area contributed by atoms with Crippen LogP contribution < -0.4 is 5.32 Å². The van der Waals surface area contributed by atoms with Crippen LogP contribution in [-0.2, 0) is 9.57 Å². The molecule has 2 aromatic rings. The normalized spacial score (nSPS) is 33.2. The number of nitrogens with zero attached hydrogens (tertiary/aromatic N) is 5. The Kier molecular flexibility index (Phi) is 5.39. The summed E-state index contributed by atoms with van der Waals surface area (Å²) >= 11 is 0. The van der Waals surface area contributed by atoms with Gasteiger partial charge in [0.05, 0.1) is 17.8 Å². The van der Waals surface area contributed by atoms with Gasteiger partial charge in [0.25, 0.3) is 0 Å². The molecule has 0 aromatic carbocycles. The summed E-state index contributed by atoms with van der Waals surface area (Å²) in [5, 5.41) is 50.2. The lowest BCUT2D eigenvalue weighted by Crippen LogP contribution is -2.35.